The van der Waals surface area contributed by atoms with Gasteiger partial charge in [0.25, 0.3) is 0 Å². The highest BCUT2D eigenvalue weighted by atomic mass is 79.9. The lowest BCUT2D eigenvalue weighted by Gasteiger charge is -2.22. The summed E-state index contributed by atoms with van der Waals surface area (Å²) in [4.78, 5) is 27.1. The number of rotatable bonds is 3. The summed E-state index contributed by atoms with van der Waals surface area (Å²) in [6.07, 6.45) is 3.54. The van der Waals surface area contributed by atoms with Gasteiger partial charge in [0.05, 0.1) is 11.8 Å². The average molecular weight is 651 g/mol. The van der Waals surface area contributed by atoms with Crippen LogP contribution in [0.25, 0.3) is 5.57 Å². The number of halogens is 7. The molecule has 192 valence electrons. The van der Waals surface area contributed by atoms with Gasteiger partial charge < -0.3 is 0 Å². The fourth-order valence-corrected chi connectivity index (χ4v) is 6.37. The molecule has 10 heteroatoms. The molecule has 6 rings (SSSR count). The van der Waals surface area contributed by atoms with Crippen molar-refractivity contribution in [1.82, 2.24) is 0 Å². The van der Waals surface area contributed by atoms with Crippen LogP contribution in [0.3, 0.4) is 0 Å². The molecule has 0 aromatic heterocycles. The van der Waals surface area contributed by atoms with E-state index >= 15 is 0 Å². The van der Waals surface area contributed by atoms with Crippen molar-refractivity contribution >= 4 is 54.9 Å². The van der Waals surface area contributed by atoms with E-state index in [-0.39, 0.29) is 4.90 Å². The highest BCUT2D eigenvalue weighted by molar-refractivity contribution is 9.10. The number of anilines is 1. The Kier molecular flexibility index (Phi) is 5.95. The topological polar surface area (TPSA) is 37.4 Å². The minimum absolute atomic E-state index is 0.133. The molecule has 2 bridgehead atoms. The number of nitrogens with zero attached hydrogens (tertiary/aromatic N) is 1. The van der Waals surface area contributed by atoms with Crippen molar-refractivity contribution in [3.63, 3.8) is 0 Å². The van der Waals surface area contributed by atoms with Crippen molar-refractivity contribution in [2.45, 2.75) is 0 Å². The van der Waals surface area contributed by atoms with E-state index in [0.29, 0.717) is 0 Å². The summed E-state index contributed by atoms with van der Waals surface area (Å²) in [7, 11) is 0. The Balaban J connectivity index is 1.50. The molecule has 2 amide bonds. The summed E-state index contributed by atoms with van der Waals surface area (Å²) >= 11 is 6.85. The number of hydrogen-bond acceptors (Lipinski definition) is 2. The number of allylic oxidation sites excluding steroid dienone is 3. The van der Waals surface area contributed by atoms with Gasteiger partial charge in [0.15, 0.2) is 23.3 Å². The van der Waals surface area contributed by atoms with E-state index in [4.69, 9.17) is 0 Å². The second-order valence-corrected chi connectivity index (χ2v) is 11.1. The Morgan fingerprint density at radius 3 is 1.37 bits per heavy atom. The number of benzene rings is 3. The number of amides is 2. The third-order valence-electron chi connectivity index (χ3n) is 7.38. The molecular weight excluding hydrogens is 637 g/mol. The number of carbonyl (C=O) groups excluding carboxylic acids is 2. The first kappa shape index (κ1) is 25.2. The molecule has 1 saturated heterocycles. The van der Waals surface area contributed by atoms with Crippen molar-refractivity contribution < 1.29 is 31.5 Å². The first-order chi connectivity index (χ1) is 18.1. The molecule has 3 aliphatic rings. The van der Waals surface area contributed by atoms with Crippen LogP contribution in [0, 0.1) is 52.8 Å². The Labute approximate surface area is 229 Å². The van der Waals surface area contributed by atoms with Gasteiger partial charge >= 0.3 is 0 Å². The maximum absolute atomic E-state index is 14.6. The molecule has 2 aliphatic carbocycles. The van der Waals surface area contributed by atoms with Crippen LogP contribution in [0.5, 0.6) is 0 Å². The van der Waals surface area contributed by atoms with Gasteiger partial charge in [0, 0.05) is 20.8 Å². The summed E-state index contributed by atoms with van der Waals surface area (Å²) in [5.41, 5.74) is 1.74. The third kappa shape index (κ3) is 3.49. The second kappa shape index (κ2) is 8.98. The molecule has 3 nitrogen and oxygen atoms in total. The minimum atomic E-state index is -2.36. The quantitative estimate of drug-likeness (QED) is 0.0979. The van der Waals surface area contributed by atoms with Crippen LogP contribution in [0.15, 0.2) is 75.2 Å². The zero-order valence-corrected chi connectivity index (χ0v) is 22.2. The molecule has 1 aliphatic heterocycles. The van der Waals surface area contributed by atoms with Crippen molar-refractivity contribution in [3.05, 3.63) is 115 Å². The van der Waals surface area contributed by atoms with Gasteiger partial charge in [-0.3, -0.25) is 9.59 Å². The van der Waals surface area contributed by atoms with Crippen molar-refractivity contribution in [3.8, 4) is 0 Å². The fourth-order valence-electron chi connectivity index (χ4n) is 5.84. The average Bonchev–Trinajstić information content (AvgIpc) is 3.54. The van der Waals surface area contributed by atoms with Gasteiger partial charge in [-0.05, 0) is 46.5 Å². The van der Waals surface area contributed by atoms with Crippen LogP contribution in [-0.4, -0.2) is 11.8 Å². The van der Waals surface area contributed by atoms with E-state index < -0.39 is 70.3 Å². The van der Waals surface area contributed by atoms with Crippen molar-refractivity contribution in [1.29, 1.82) is 0 Å². The smallest absolute Gasteiger partial charge is 0.238 e. The number of hydrogen-bond donors (Lipinski definition) is 0. The normalized spacial score (nSPS) is 23.6. The Morgan fingerprint density at radius 1 is 0.605 bits per heavy atom. The SMILES string of the molecule is O=C1[C@@H]2[C@H](C(=O)N1c1c(F)c(F)c(F)c(F)c1F)[C@H]1C=C[C@H]2C1=C(c1ccc(Br)cc1)c1ccc(Br)cc1. The van der Waals surface area contributed by atoms with Crippen LogP contribution in [-0.2, 0) is 9.59 Å². The first-order valence-electron chi connectivity index (χ1n) is 11.4. The van der Waals surface area contributed by atoms with E-state index in [0.717, 1.165) is 31.2 Å². The van der Waals surface area contributed by atoms with Crippen molar-refractivity contribution in [2.24, 2.45) is 23.7 Å². The van der Waals surface area contributed by atoms with Gasteiger partial charge in [0.2, 0.25) is 17.6 Å². The fraction of sp³-hybridized carbons (Fsp3) is 0.143. The van der Waals surface area contributed by atoms with Crippen LogP contribution in [0.2, 0.25) is 0 Å². The van der Waals surface area contributed by atoms with E-state index in [2.05, 4.69) is 31.9 Å². The summed E-state index contributed by atoms with van der Waals surface area (Å²) in [6.45, 7) is 0. The molecule has 1 saturated carbocycles. The van der Waals surface area contributed by atoms with E-state index in [1.165, 1.54) is 0 Å². The van der Waals surface area contributed by atoms with Gasteiger partial charge in [-0.25, -0.2) is 26.9 Å². The lowest BCUT2D eigenvalue weighted by molar-refractivity contribution is -0.123. The molecule has 3 aromatic rings. The van der Waals surface area contributed by atoms with Crippen molar-refractivity contribution in [2.75, 3.05) is 4.90 Å². The minimum Gasteiger partial charge on any atom is -0.274 e. The summed E-state index contributed by atoms with van der Waals surface area (Å²) < 4.78 is 72.4. The van der Waals surface area contributed by atoms with Gasteiger partial charge in [0.1, 0.15) is 5.69 Å². The summed E-state index contributed by atoms with van der Waals surface area (Å²) in [6, 6.07) is 15.0. The zero-order chi connectivity index (χ0) is 27.0. The molecule has 0 unspecified atom stereocenters. The lowest BCUT2D eigenvalue weighted by atomic mass is 9.85. The van der Waals surface area contributed by atoms with Gasteiger partial charge in [-0.15, -0.1) is 0 Å². The van der Waals surface area contributed by atoms with Gasteiger partial charge in [-0.1, -0.05) is 68.3 Å². The number of imide groups is 1. The molecule has 38 heavy (non-hydrogen) atoms. The van der Waals surface area contributed by atoms with Gasteiger partial charge in [-0.2, -0.15) is 0 Å². The van der Waals surface area contributed by atoms with E-state index in [1.807, 2.05) is 48.5 Å². The molecule has 1 heterocycles. The van der Waals surface area contributed by atoms with Crippen LogP contribution in [0.1, 0.15) is 11.1 Å². The monoisotopic (exact) mass is 649 g/mol. The maximum atomic E-state index is 14.6. The molecule has 3 aromatic carbocycles. The standard InChI is InChI=1S/C28H14Br2F5NO2/c29-13-5-1-11(2-6-13)17(12-3-7-14(30)8-4-12)18-15-9-10-16(18)20-19(15)27(37)36(28(20)38)26-24(34)22(32)21(31)23(33)25(26)35/h1-10,15-16,19-20H/t15-,16-,19-,20+/m0/s1. The van der Waals surface area contributed by atoms with Crippen LogP contribution in [0.4, 0.5) is 27.6 Å². The zero-order valence-electron chi connectivity index (χ0n) is 19.0. The Hall–Kier alpha value is -3.11. The maximum Gasteiger partial charge on any atom is 0.238 e. The van der Waals surface area contributed by atoms with E-state index in [9.17, 15) is 31.5 Å². The molecule has 4 atom stereocenters. The molecule has 0 radical (unpaired) electrons. The molecule has 0 spiro atoms. The van der Waals surface area contributed by atoms with Crippen LogP contribution >= 0.6 is 31.9 Å². The summed E-state index contributed by atoms with van der Waals surface area (Å²) in [5, 5.41) is 0. The summed E-state index contributed by atoms with van der Waals surface area (Å²) in [5.74, 6) is -16.5. The lowest BCUT2D eigenvalue weighted by Crippen LogP contribution is -2.35. The number of fused-ring (bicyclic) bond motifs is 5. The molecule has 2 fully saturated rings. The third-order valence-corrected chi connectivity index (χ3v) is 8.44. The van der Waals surface area contributed by atoms with E-state index in [1.54, 1.807) is 12.2 Å². The second-order valence-electron chi connectivity index (χ2n) is 9.26. The highest BCUT2D eigenvalue weighted by Crippen LogP contribution is 2.59. The Morgan fingerprint density at radius 2 is 0.974 bits per heavy atom. The van der Waals surface area contributed by atoms with Crippen LogP contribution < -0.4 is 4.90 Å². The highest BCUT2D eigenvalue weighted by Gasteiger charge is 2.63. The molecule has 0 N–H and O–H groups in total. The molecular formula is C28H14Br2F5NO2. The number of carbonyl (C=O) groups is 2. The first-order valence-corrected chi connectivity index (χ1v) is 13.0. The predicted molar refractivity (Wildman–Crippen MR) is 136 cm³/mol. The largest absolute Gasteiger partial charge is 0.274 e. The Bertz CT molecular complexity index is 1490. The predicted octanol–water partition coefficient (Wildman–Crippen LogP) is 7.33.